The van der Waals surface area contributed by atoms with Crippen LogP contribution in [0, 0.1) is 0 Å². The minimum atomic E-state index is -3.37. The molecule has 0 radical (unpaired) electrons. The quantitative estimate of drug-likeness (QED) is 0.345. The van der Waals surface area contributed by atoms with Crippen molar-refractivity contribution >= 4 is 37.9 Å². The highest BCUT2D eigenvalue weighted by Crippen LogP contribution is 2.38. The summed E-state index contributed by atoms with van der Waals surface area (Å²) < 4.78 is 24.1. The van der Waals surface area contributed by atoms with Gasteiger partial charge in [0.2, 0.25) is 0 Å². The number of hydrogen-bond donors (Lipinski definition) is 0. The van der Waals surface area contributed by atoms with Crippen LogP contribution in [-0.4, -0.2) is 25.4 Å². The summed E-state index contributed by atoms with van der Waals surface area (Å²) in [7, 11) is -3.37. The van der Waals surface area contributed by atoms with Gasteiger partial charge < -0.3 is 0 Å². The van der Waals surface area contributed by atoms with E-state index in [0.29, 0.717) is 11.1 Å². The van der Waals surface area contributed by atoms with E-state index >= 15 is 0 Å². The number of pyridine rings is 1. The number of thiophene rings is 1. The van der Waals surface area contributed by atoms with Gasteiger partial charge in [-0.1, -0.05) is 24.3 Å². The van der Waals surface area contributed by atoms with E-state index in [2.05, 4.69) is 11.1 Å². The lowest BCUT2D eigenvalue weighted by Crippen LogP contribution is -2.28. The van der Waals surface area contributed by atoms with Gasteiger partial charge >= 0.3 is 0 Å². The molecule has 0 N–H and O–H groups in total. The Morgan fingerprint density at radius 2 is 1.68 bits per heavy atom. The van der Waals surface area contributed by atoms with Gasteiger partial charge in [-0.2, -0.15) is 0 Å². The van der Waals surface area contributed by atoms with Crippen LogP contribution in [0.4, 0.5) is 0 Å². The van der Waals surface area contributed by atoms with Crippen molar-refractivity contribution < 1.29 is 13.2 Å². The maximum absolute atomic E-state index is 12.6. The summed E-state index contributed by atoms with van der Waals surface area (Å²) in [4.78, 5) is 17.9. The Morgan fingerprint density at radius 3 is 2.35 bits per heavy atom. The van der Waals surface area contributed by atoms with Crippen LogP contribution in [0.2, 0.25) is 0 Å². The van der Waals surface area contributed by atoms with E-state index in [1.807, 2.05) is 54.6 Å². The monoisotopic (exact) mass is 449 g/mol. The highest BCUT2D eigenvalue weighted by Gasteiger charge is 2.34. The molecule has 2 aromatic heterocycles. The fourth-order valence-corrected chi connectivity index (χ4v) is 5.00. The predicted octanol–water partition coefficient (Wildman–Crippen LogP) is 6.11. The number of Topliss-reactive ketones (excluding diaryl/α,β-unsaturated/α-hetero) is 1. The van der Waals surface area contributed by atoms with Gasteiger partial charge in [-0.25, -0.2) is 8.42 Å². The molecular weight excluding hydrogens is 426 g/mol. The molecule has 158 valence electrons. The number of sulfone groups is 1. The first-order chi connectivity index (χ1) is 14.6. The minimum absolute atomic E-state index is 0.0575. The molecule has 4 aromatic rings. The number of carbonyl (C=O) groups excluding carboxylic acids is 1. The smallest absolute Gasteiger partial charge is 0.169 e. The number of fused-ring (bicyclic) bond motifs is 1. The van der Waals surface area contributed by atoms with E-state index in [1.54, 1.807) is 27.0 Å². The molecule has 4 rings (SSSR count). The van der Waals surface area contributed by atoms with Gasteiger partial charge in [-0.05, 0) is 79.4 Å². The van der Waals surface area contributed by atoms with Crippen molar-refractivity contribution in [3.8, 4) is 21.6 Å². The number of hydrogen-bond acceptors (Lipinski definition) is 5. The Morgan fingerprint density at radius 1 is 0.935 bits per heavy atom. The Bertz CT molecular complexity index is 1420. The number of benzene rings is 2. The van der Waals surface area contributed by atoms with Crippen LogP contribution < -0.4 is 0 Å². The molecule has 0 bridgehead atoms. The molecule has 4 nitrogen and oxygen atoms in total. The summed E-state index contributed by atoms with van der Waals surface area (Å²) in [6.07, 6.45) is 2.95. The Balaban J connectivity index is 1.90. The van der Waals surface area contributed by atoms with E-state index in [9.17, 15) is 13.2 Å². The van der Waals surface area contributed by atoms with Gasteiger partial charge in [0.15, 0.2) is 15.6 Å². The van der Waals surface area contributed by atoms with Crippen molar-refractivity contribution in [2.24, 2.45) is 0 Å². The second-order valence-electron chi connectivity index (χ2n) is 8.18. The van der Waals surface area contributed by atoms with Gasteiger partial charge in [0.1, 0.15) is 0 Å². The molecule has 6 heteroatoms. The van der Waals surface area contributed by atoms with Crippen molar-refractivity contribution in [3.63, 3.8) is 0 Å². The molecular formula is C25H23NO3S2. The third kappa shape index (κ3) is 3.93. The summed E-state index contributed by atoms with van der Waals surface area (Å²) in [5.74, 6) is 0.0575. The molecule has 2 heterocycles. The maximum atomic E-state index is 12.6. The fraction of sp³-hybridized carbons (Fsp3) is 0.200. The Labute approximate surface area is 186 Å². The minimum Gasteiger partial charge on any atom is -0.294 e. The van der Waals surface area contributed by atoms with E-state index in [1.165, 1.54) is 17.6 Å². The number of aromatic nitrogens is 1. The number of nitrogens with zero attached hydrogens (tertiary/aromatic N) is 1. The van der Waals surface area contributed by atoms with Crippen molar-refractivity contribution in [3.05, 3.63) is 77.3 Å². The summed E-state index contributed by atoms with van der Waals surface area (Å²) in [5, 5.41) is 0.895. The van der Waals surface area contributed by atoms with E-state index in [-0.39, 0.29) is 5.78 Å². The Kier molecular flexibility index (Phi) is 5.31. The Hall–Kier alpha value is -2.83. The predicted molar refractivity (Wildman–Crippen MR) is 128 cm³/mol. The van der Waals surface area contributed by atoms with Crippen LogP contribution in [0.3, 0.4) is 0 Å². The topological polar surface area (TPSA) is 64.1 Å². The highest BCUT2D eigenvalue weighted by molar-refractivity contribution is 7.91. The van der Waals surface area contributed by atoms with Crippen LogP contribution >= 0.6 is 11.3 Å². The maximum Gasteiger partial charge on any atom is 0.169 e. The third-order valence-corrected chi connectivity index (χ3v) is 9.02. The lowest BCUT2D eigenvalue weighted by Gasteiger charge is -2.25. The molecule has 0 spiro atoms. The van der Waals surface area contributed by atoms with E-state index in [0.717, 1.165) is 31.8 Å². The van der Waals surface area contributed by atoms with Gasteiger partial charge in [0.25, 0.3) is 0 Å². The zero-order valence-corrected chi connectivity index (χ0v) is 19.5. The van der Waals surface area contributed by atoms with Crippen LogP contribution in [0.15, 0.2) is 66.9 Å². The number of rotatable bonds is 5. The lowest BCUT2D eigenvalue weighted by atomic mass is 9.92. The van der Waals surface area contributed by atoms with Crippen molar-refractivity contribution in [1.82, 2.24) is 4.98 Å². The zero-order chi connectivity index (χ0) is 22.4. The number of carbonyl (C=O) groups is 1. The highest BCUT2D eigenvalue weighted by atomic mass is 32.2. The average molecular weight is 450 g/mol. The summed E-state index contributed by atoms with van der Waals surface area (Å²) in [6.45, 7) is 5.02. The first-order valence-corrected chi connectivity index (χ1v) is 12.6. The molecule has 0 unspecified atom stereocenters. The standard InChI is InChI=1S/C25H23NO3S2/c1-16(27)22-10-11-23(30-22)18-8-5-7-17(13-18)20-14-19-9-6-12-26-24(19)21(15-20)25(2,3)31(4,28)29/h5-15H,1-4H3. The largest absolute Gasteiger partial charge is 0.294 e. The molecule has 0 aliphatic rings. The SMILES string of the molecule is CC(=O)c1ccc(-c2cccc(-c3cc(C(C)(C)S(C)(=O)=O)c4ncccc4c3)c2)s1. The second-order valence-corrected chi connectivity index (χ2v) is 11.8. The second kappa shape index (κ2) is 7.70. The first kappa shape index (κ1) is 21.4. The molecule has 0 atom stereocenters. The van der Waals surface area contributed by atoms with Crippen LogP contribution in [-0.2, 0) is 14.6 Å². The van der Waals surface area contributed by atoms with Crippen LogP contribution in [0.5, 0.6) is 0 Å². The van der Waals surface area contributed by atoms with Gasteiger partial charge in [-0.15, -0.1) is 11.3 Å². The van der Waals surface area contributed by atoms with Crippen molar-refractivity contribution in [2.75, 3.05) is 6.26 Å². The number of ketones is 1. The van der Waals surface area contributed by atoms with Crippen LogP contribution in [0.25, 0.3) is 32.5 Å². The summed E-state index contributed by atoms with van der Waals surface area (Å²) >= 11 is 1.47. The average Bonchev–Trinajstić information content (AvgIpc) is 3.23. The molecule has 0 saturated heterocycles. The van der Waals surface area contributed by atoms with Crippen molar-refractivity contribution in [2.45, 2.75) is 25.5 Å². The lowest BCUT2D eigenvalue weighted by molar-refractivity contribution is 0.102. The van der Waals surface area contributed by atoms with Gasteiger partial charge in [0.05, 0.1) is 15.1 Å². The molecule has 0 aliphatic carbocycles. The first-order valence-electron chi connectivity index (χ1n) is 9.88. The van der Waals surface area contributed by atoms with Crippen molar-refractivity contribution in [1.29, 1.82) is 0 Å². The zero-order valence-electron chi connectivity index (χ0n) is 17.8. The van der Waals surface area contributed by atoms with Crippen LogP contribution in [0.1, 0.15) is 36.0 Å². The summed E-state index contributed by atoms with van der Waals surface area (Å²) in [6, 6.07) is 19.7. The molecule has 0 saturated carbocycles. The molecule has 2 aromatic carbocycles. The van der Waals surface area contributed by atoms with E-state index < -0.39 is 14.6 Å². The fourth-order valence-electron chi connectivity index (χ4n) is 3.55. The molecule has 0 amide bonds. The third-order valence-electron chi connectivity index (χ3n) is 5.71. The normalized spacial score (nSPS) is 12.3. The molecule has 0 fully saturated rings. The molecule has 31 heavy (non-hydrogen) atoms. The van der Waals surface area contributed by atoms with E-state index in [4.69, 9.17) is 0 Å². The van der Waals surface area contributed by atoms with Gasteiger partial charge in [-0.3, -0.25) is 9.78 Å². The summed E-state index contributed by atoms with van der Waals surface area (Å²) in [5.41, 5.74) is 4.31. The molecule has 0 aliphatic heterocycles. The van der Waals surface area contributed by atoms with Gasteiger partial charge in [0, 0.05) is 22.7 Å².